The van der Waals surface area contributed by atoms with Gasteiger partial charge in [-0.25, -0.2) is 4.79 Å². The Bertz CT molecular complexity index is 1410. The van der Waals surface area contributed by atoms with E-state index in [-0.39, 0.29) is 35.9 Å². The summed E-state index contributed by atoms with van der Waals surface area (Å²) in [7, 11) is 0. The van der Waals surface area contributed by atoms with Gasteiger partial charge in [-0.05, 0) is 69.6 Å². The predicted molar refractivity (Wildman–Crippen MR) is 220 cm³/mol. The number of allylic oxidation sites excluding steroid dienone is 4. The molecule has 0 aromatic carbocycles. The van der Waals surface area contributed by atoms with Crippen LogP contribution in [0.3, 0.4) is 0 Å². The molecule has 0 aliphatic carbocycles. The van der Waals surface area contributed by atoms with Gasteiger partial charge in [0.15, 0.2) is 11.6 Å². The second-order valence-electron chi connectivity index (χ2n) is 18.2. The van der Waals surface area contributed by atoms with Crippen LogP contribution in [-0.2, 0) is 28.6 Å². The fraction of sp³-hybridized carbons (Fsp3) is 0.804. The van der Waals surface area contributed by atoms with Gasteiger partial charge in [0.05, 0.1) is 36.6 Å². The van der Waals surface area contributed by atoms with Gasteiger partial charge in [-0.15, -0.1) is 0 Å². The van der Waals surface area contributed by atoms with Crippen LogP contribution in [0.15, 0.2) is 36.5 Å². The largest absolute Gasteiger partial charge is 0.458 e. The second kappa shape index (κ2) is 21.3. The Labute approximate surface area is 342 Å². The molecule has 0 radical (unpaired) electrons. The van der Waals surface area contributed by atoms with Crippen molar-refractivity contribution in [3.8, 4) is 0 Å². The van der Waals surface area contributed by atoms with Crippen LogP contribution in [-0.4, -0.2) is 97.2 Å². The zero-order valence-electron chi connectivity index (χ0n) is 36.5. The van der Waals surface area contributed by atoms with E-state index in [0.717, 1.165) is 19.3 Å². The molecule has 57 heavy (non-hydrogen) atoms. The van der Waals surface area contributed by atoms with Crippen LogP contribution in [0.4, 0.5) is 0 Å². The van der Waals surface area contributed by atoms with E-state index < -0.39 is 89.0 Å². The van der Waals surface area contributed by atoms with Crippen LogP contribution < -0.4 is 0 Å². The Morgan fingerprint density at radius 1 is 0.825 bits per heavy atom. The molecule has 1 spiro atoms. The van der Waals surface area contributed by atoms with E-state index in [4.69, 9.17) is 14.2 Å². The molecule has 326 valence electrons. The number of ether oxygens (including phenoxy) is 3. The Hall–Kier alpha value is -2.25. The van der Waals surface area contributed by atoms with Crippen molar-refractivity contribution in [3.63, 3.8) is 0 Å². The Kier molecular flexibility index (Phi) is 18.4. The Morgan fingerprint density at radius 2 is 1.47 bits per heavy atom. The van der Waals surface area contributed by atoms with Crippen LogP contribution in [0.2, 0.25) is 0 Å². The highest BCUT2D eigenvalue weighted by Gasteiger charge is 2.56. The molecule has 3 aliphatic rings. The topological polar surface area (TPSA) is 180 Å². The number of ketones is 2. The number of aliphatic hydroxyl groups excluding tert-OH is 4. The molecule has 0 aromatic heterocycles. The normalized spacial score (nSPS) is 46.2. The standard InChI is InChI=1S/C46H76O11/c1-12-34-18-16-14-15-17-28(5)43(52)45(11,54)44(53)32(9)41(51)31(8)40(50)30(7)39(49)27(4)19-22-38(48)55-42-29(6)36(21-20-34)56-46(33(42)10)24-23-26(3)37(57-46)25-35(47)13-2/h14-16,18-19,22,26-37,39,41-43,47,49,51-52,54H,12-13,17,20-21,23-25H2,1-11H3/b15-14+,18-16+,22-19+/t26-,27-,28+,29+,30-,31-,32-,33-,34?,35+,36-,37-,39+,41+,42+,43-,45+,46-/m1/s1. The second-order valence-corrected chi connectivity index (χ2v) is 18.2. The third-order valence-electron chi connectivity index (χ3n) is 13.8. The van der Waals surface area contributed by atoms with Gasteiger partial charge in [-0.2, -0.15) is 0 Å². The molecule has 5 N–H and O–H groups in total. The summed E-state index contributed by atoms with van der Waals surface area (Å²) in [5, 5.41) is 55.4. The van der Waals surface area contributed by atoms with E-state index in [9.17, 15) is 39.9 Å². The minimum atomic E-state index is -2.18. The molecule has 11 heteroatoms. The van der Waals surface area contributed by atoms with Crippen molar-refractivity contribution in [2.45, 2.75) is 182 Å². The first-order valence-corrected chi connectivity index (χ1v) is 21.7. The summed E-state index contributed by atoms with van der Waals surface area (Å²) in [4.78, 5) is 40.6. The van der Waals surface area contributed by atoms with Crippen molar-refractivity contribution < 1.29 is 54.1 Å². The highest BCUT2D eigenvalue weighted by molar-refractivity contribution is 5.91. The lowest BCUT2D eigenvalue weighted by Crippen LogP contribution is -2.62. The maximum absolute atomic E-state index is 13.6. The summed E-state index contributed by atoms with van der Waals surface area (Å²) in [5.74, 6) is -7.28. The number of hydrogen-bond donors (Lipinski definition) is 5. The van der Waals surface area contributed by atoms with E-state index in [1.807, 2.05) is 39.0 Å². The van der Waals surface area contributed by atoms with Gasteiger partial charge >= 0.3 is 5.97 Å². The van der Waals surface area contributed by atoms with Gasteiger partial charge in [0.25, 0.3) is 0 Å². The molecule has 2 bridgehead atoms. The number of carbonyl (C=O) groups excluding carboxylic acids is 3. The van der Waals surface area contributed by atoms with Gasteiger partial charge in [0.1, 0.15) is 17.5 Å². The Morgan fingerprint density at radius 3 is 2.11 bits per heavy atom. The lowest BCUT2D eigenvalue weighted by molar-refractivity contribution is -0.371. The Balaban J connectivity index is 1.99. The summed E-state index contributed by atoms with van der Waals surface area (Å²) in [5.41, 5.74) is -2.18. The van der Waals surface area contributed by atoms with Crippen molar-refractivity contribution in [2.24, 2.45) is 53.3 Å². The SMILES string of the molecule is CCC1/C=C/C=C/C[C@H](C)[C@@H](O)[C@](C)(O)C(=O)[C@H](C)[C@@H](O)[C@H](C)C(=O)[C@H](C)[C@@H](O)[C@H](C)/C=C/C(=O)O[C@H]2[C@@H](C)[C@@H](CC1)O[C@@]1(CC[C@@H](C)[C@@H](C[C@@H](O)CC)O1)[C@@H]2C. The molecule has 2 fully saturated rings. The molecule has 3 aliphatic heterocycles. The maximum atomic E-state index is 13.6. The number of esters is 1. The van der Waals surface area contributed by atoms with E-state index in [0.29, 0.717) is 32.1 Å². The van der Waals surface area contributed by atoms with Crippen LogP contribution >= 0.6 is 0 Å². The lowest BCUT2D eigenvalue weighted by atomic mass is 9.74. The minimum absolute atomic E-state index is 0.168. The van der Waals surface area contributed by atoms with Crippen molar-refractivity contribution in [3.05, 3.63) is 36.5 Å². The molecule has 3 heterocycles. The van der Waals surface area contributed by atoms with Gasteiger partial charge in [0, 0.05) is 48.0 Å². The number of Topliss-reactive ketones (excluding diaryl/α,β-unsaturated/α-hetero) is 2. The van der Waals surface area contributed by atoms with Crippen molar-refractivity contribution in [1.29, 1.82) is 0 Å². The molecule has 11 nitrogen and oxygen atoms in total. The van der Waals surface area contributed by atoms with E-state index >= 15 is 0 Å². The predicted octanol–water partition coefficient (Wildman–Crippen LogP) is 6.27. The number of fused-ring (bicyclic) bond motifs is 2. The van der Waals surface area contributed by atoms with Crippen LogP contribution in [0.5, 0.6) is 0 Å². The van der Waals surface area contributed by atoms with Crippen molar-refractivity contribution in [2.75, 3.05) is 0 Å². The molecule has 2 saturated heterocycles. The van der Waals surface area contributed by atoms with Crippen molar-refractivity contribution in [1.82, 2.24) is 0 Å². The summed E-state index contributed by atoms with van der Waals surface area (Å²) in [6, 6.07) is 0. The zero-order valence-corrected chi connectivity index (χ0v) is 36.5. The first-order valence-electron chi connectivity index (χ1n) is 21.7. The highest BCUT2D eigenvalue weighted by Crippen LogP contribution is 2.49. The van der Waals surface area contributed by atoms with Gasteiger partial charge in [-0.1, -0.05) is 99.6 Å². The van der Waals surface area contributed by atoms with E-state index in [2.05, 4.69) is 19.9 Å². The minimum Gasteiger partial charge on any atom is -0.458 e. The molecular weight excluding hydrogens is 728 g/mol. The summed E-state index contributed by atoms with van der Waals surface area (Å²) in [6.07, 6.45) is 10.3. The smallest absolute Gasteiger partial charge is 0.330 e. The summed E-state index contributed by atoms with van der Waals surface area (Å²) < 4.78 is 20.1. The molecular formula is C46H76O11. The number of hydrogen-bond acceptors (Lipinski definition) is 11. The molecule has 0 aromatic rings. The first kappa shape index (κ1) is 49.1. The fourth-order valence-corrected chi connectivity index (χ4v) is 9.11. The quantitative estimate of drug-likeness (QED) is 0.202. The fourth-order valence-electron chi connectivity index (χ4n) is 9.11. The number of rotatable bonds is 4. The molecule has 18 atom stereocenters. The molecule has 3 rings (SSSR count). The van der Waals surface area contributed by atoms with Gasteiger partial charge < -0.3 is 39.7 Å². The number of aliphatic hydroxyl groups is 5. The number of carbonyl (C=O) groups is 3. The van der Waals surface area contributed by atoms with E-state index in [1.54, 1.807) is 13.8 Å². The van der Waals surface area contributed by atoms with Crippen LogP contribution in [0, 0.1) is 53.3 Å². The third-order valence-corrected chi connectivity index (χ3v) is 13.8. The summed E-state index contributed by atoms with van der Waals surface area (Å²) >= 11 is 0. The first-order chi connectivity index (χ1) is 26.6. The third kappa shape index (κ3) is 12.0. The summed E-state index contributed by atoms with van der Waals surface area (Å²) in [6.45, 7) is 19.4. The molecule has 1 unspecified atom stereocenters. The molecule has 0 amide bonds. The average Bonchev–Trinajstić information content (AvgIpc) is 3.19. The maximum Gasteiger partial charge on any atom is 0.330 e. The average molecular weight is 805 g/mol. The monoisotopic (exact) mass is 805 g/mol. The van der Waals surface area contributed by atoms with Crippen LogP contribution in [0.1, 0.15) is 128 Å². The zero-order chi connectivity index (χ0) is 43.0. The van der Waals surface area contributed by atoms with Crippen molar-refractivity contribution >= 4 is 17.5 Å². The lowest BCUT2D eigenvalue weighted by Gasteiger charge is -2.55. The van der Waals surface area contributed by atoms with Crippen LogP contribution in [0.25, 0.3) is 0 Å². The van der Waals surface area contributed by atoms with E-state index in [1.165, 1.54) is 39.8 Å². The van der Waals surface area contributed by atoms with Gasteiger partial charge in [0.2, 0.25) is 0 Å². The molecule has 0 saturated carbocycles. The highest BCUT2D eigenvalue weighted by atomic mass is 16.7. The van der Waals surface area contributed by atoms with Gasteiger partial charge in [-0.3, -0.25) is 9.59 Å².